The van der Waals surface area contributed by atoms with Crippen LogP contribution in [0.25, 0.3) is 0 Å². The number of nitrogens with one attached hydrogen (secondary N) is 1. The smallest absolute Gasteiger partial charge is 0.338 e. The van der Waals surface area contributed by atoms with Gasteiger partial charge < -0.3 is 10.4 Å². The van der Waals surface area contributed by atoms with Crippen molar-refractivity contribution in [3.05, 3.63) is 62.3 Å². The molecule has 3 nitrogen and oxygen atoms in total. The maximum atomic E-state index is 13.5. The number of aromatic carboxylic acids is 1. The minimum absolute atomic E-state index is 0.321. The Morgan fingerprint density at radius 1 is 1.20 bits per heavy atom. The van der Waals surface area contributed by atoms with E-state index in [4.69, 9.17) is 5.11 Å². The number of rotatable bonds is 4. The van der Waals surface area contributed by atoms with Gasteiger partial charge >= 0.3 is 5.97 Å². The Labute approximate surface area is 132 Å². The van der Waals surface area contributed by atoms with Gasteiger partial charge in [-0.25, -0.2) is 9.18 Å². The van der Waals surface area contributed by atoms with Gasteiger partial charge in [0.05, 0.1) is 5.56 Å². The fourth-order valence-corrected chi connectivity index (χ4v) is 2.86. The molecule has 0 aliphatic heterocycles. The first kappa shape index (κ1) is 15.0. The number of carboxylic acids is 1. The first-order chi connectivity index (χ1) is 9.47. The Hall–Kier alpha value is -1.40. The highest BCUT2D eigenvalue weighted by Crippen LogP contribution is 2.26. The van der Waals surface area contributed by atoms with Gasteiger partial charge in [-0.05, 0) is 51.8 Å². The van der Waals surface area contributed by atoms with Crippen molar-refractivity contribution in [2.24, 2.45) is 0 Å². The standard InChI is InChI=1S/C14H10Br2FNO2/c15-9-2-4-13(11(16)6-9)18-7-8-1-3-10(14(19)20)12(17)5-8/h1-6,18H,7H2,(H,19,20). The van der Waals surface area contributed by atoms with Gasteiger partial charge in [0.15, 0.2) is 0 Å². The van der Waals surface area contributed by atoms with Crippen molar-refractivity contribution < 1.29 is 14.3 Å². The fraction of sp³-hybridized carbons (Fsp3) is 0.0714. The Morgan fingerprint density at radius 2 is 1.95 bits per heavy atom. The molecule has 2 N–H and O–H groups in total. The average Bonchev–Trinajstić information content (AvgIpc) is 2.37. The van der Waals surface area contributed by atoms with E-state index < -0.39 is 11.8 Å². The summed E-state index contributed by atoms with van der Waals surface area (Å²) in [6, 6.07) is 9.76. The maximum absolute atomic E-state index is 13.5. The molecular weight excluding hydrogens is 393 g/mol. The lowest BCUT2D eigenvalue weighted by Crippen LogP contribution is -2.04. The molecule has 0 radical (unpaired) electrons. The van der Waals surface area contributed by atoms with Crippen LogP contribution in [0.5, 0.6) is 0 Å². The number of benzene rings is 2. The highest BCUT2D eigenvalue weighted by molar-refractivity contribution is 9.11. The third-order valence-corrected chi connectivity index (χ3v) is 3.83. The lowest BCUT2D eigenvalue weighted by Gasteiger charge is -2.09. The van der Waals surface area contributed by atoms with Gasteiger partial charge in [0.2, 0.25) is 0 Å². The molecule has 0 saturated carbocycles. The van der Waals surface area contributed by atoms with Crippen LogP contribution in [0.3, 0.4) is 0 Å². The van der Waals surface area contributed by atoms with E-state index in [9.17, 15) is 9.18 Å². The normalized spacial score (nSPS) is 10.3. The van der Waals surface area contributed by atoms with Gasteiger partial charge in [-0.15, -0.1) is 0 Å². The van der Waals surface area contributed by atoms with Crippen LogP contribution < -0.4 is 5.32 Å². The molecule has 0 aromatic heterocycles. The highest BCUT2D eigenvalue weighted by atomic mass is 79.9. The molecule has 6 heteroatoms. The summed E-state index contributed by atoms with van der Waals surface area (Å²) in [6.45, 7) is 0.400. The number of halogens is 3. The number of hydrogen-bond donors (Lipinski definition) is 2. The molecule has 2 aromatic rings. The monoisotopic (exact) mass is 401 g/mol. The third kappa shape index (κ3) is 3.58. The van der Waals surface area contributed by atoms with Crippen molar-refractivity contribution in [1.29, 1.82) is 0 Å². The van der Waals surface area contributed by atoms with E-state index in [1.807, 2.05) is 18.2 Å². The van der Waals surface area contributed by atoms with E-state index in [1.54, 1.807) is 6.07 Å². The van der Waals surface area contributed by atoms with Crippen LogP contribution in [-0.4, -0.2) is 11.1 Å². The summed E-state index contributed by atoms with van der Waals surface area (Å²) >= 11 is 6.78. The summed E-state index contributed by atoms with van der Waals surface area (Å²) in [7, 11) is 0. The minimum Gasteiger partial charge on any atom is -0.478 e. The van der Waals surface area contributed by atoms with Crippen molar-refractivity contribution in [1.82, 2.24) is 0 Å². The number of anilines is 1. The van der Waals surface area contributed by atoms with Crippen LogP contribution in [0.15, 0.2) is 45.3 Å². The topological polar surface area (TPSA) is 49.3 Å². The lowest BCUT2D eigenvalue weighted by atomic mass is 10.1. The predicted octanol–water partition coefficient (Wildman–Crippen LogP) is 4.66. The lowest BCUT2D eigenvalue weighted by molar-refractivity contribution is 0.0692. The zero-order valence-corrected chi connectivity index (χ0v) is 13.3. The summed E-state index contributed by atoms with van der Waals surface area (Å²) in [5.74, 6) is -2.00. The molecule has 0 unspecified atom stereocenters. The Balaban J connectivity index is 2.11. The fourth-order valence-electron chi connectivity index (χ4n) is 1.67. The minimum atomic E-state index is -1.27. The van der Waals surface area contributed by atoms with E-state index in [-0.39, 0.29) is 5.56 Å². The van der Waals surface area contributed by atoms with Gasteiger partial charge in [0.25, 0.3) is 0 Å². The van der Waals surface area contributed by atoms with Gasteiger partial charge in [0, 0.05) is 21.2 Å². The molecule has 0 aliphatic carbocycles. The zero-order chi connectivity index (χ0) is 14.7. The van der Waals surface area contributed by atoms with E-state index in [2.05, 4.69) is 37.2 Å². The van der Waals surface area contributed by atoms with E-state index in [0.717, 1.165) is 14.6 Å². The molecule has 0 atom stereocenters. The van der Waals surface area contributed by atoms with E-state index in [1.165, 1.54) is 12.1 Å². The summed E-state index contributed by atoms with van der Waals surface area (Å²) in [4.78, 5) is 10.7. The zero-order valence-electron chi connectivity index (χ0n) is 10.2. The van der Waals surface area contributed by atoms with Crippen LogP contribution >= 0.6 is 31.9 Å². The van der Waals surface area contributed by atoms with Crippen LogP contribution in [0.2, 0.25) is 0 Å². The van der Waals surface area contributed by atoms with Crippen molar-refractivity contribution in [3.63, 3.8) is 0 Å². The molecule has 0 aliphatic rings. The molecule has 0 heterocycles. The molecule has 0 fully saturated rings. The second kappa shape index (κ2) is 6.37. The average molecular weight is 403 g/mol. The number of hydrogen-bond acceptors (Lipinski definition) is 2. The van der Waals surface area contributed by atoms with Crippen molar-refractivity contribution >= 4 is 43.5 Å². The second-order valence-electron chi connectivity index (χ2n) is 4.10. The quantitative estimate of drug-likeness (QED) is 0.781. The first-order valence-electron chi connectivity index (χ1n) is 5.68. The molecule has 0 spiro atoms. The van der Waals surface area contributed by atoms with Gasteiger partial charge in [-0.2, -0.15) is 0 Å². The summed E-state index contributed by atoms with van der Waals surface area (Å²) < 4.78 is 15.4. The van der Waals surface area contributed by atoms with Crippen molar-refractivity contribution in [3.8, 4) is 0 Å². The molecule has 2 aromatic carbocycles. The summed E-state index contributed by atoms with van der Waals surface area (Å²) in [5.41, 5.74) is 1.22. The second-order valence-corrected chi connectivity index (χ2v) is 5.87. The van der Waals surface area contributed by atoms with Gasteiger partial charge in [-0.3, -0.25) is 0 Å². The molecule has 0 bridgehead atoms. The maximum Gasteiger partial charge on any atom is 0.338 e. The van der Waals surface area contributed by atoms with E-state index in [0.29, 0.717) is 12.1 Å². The Bertz CT molecular complexity index is 662. The molecule has 20 heavy (non-hydrogen) atoms. The van der Waals surface area contributed by atoms with Gasteiger partial charge in [-0.1, -0.05) is 22.0 Å². The van der Waals surface area contributed by atoms with Crippen LogP contribution in [0.1, 0.15) is 15.9 Å². The molecule has 0 amide bonds. The summed E-state index contributed by atoms with van der Waals surface area (Å²) in [6.07, 6.45) is 0. The van der Waals surface area contributed by atoms with Crippen LogP contribution in [0.4, 0.5) is 10.1 Å². The predicted molar refractivity (Wildman–Crippen MR) is 82.5 cm³/mol. The summed E-state index contributed by atoms with van der Waals surface area (Å²) in [5, 5.41) is 11.9. The Morgan fingerprint density at radius 3 is 2.55 bits per heavy atom. The largest absolute Gasteiger partial charge is 0.478 e. The molecule has 104 valence electrons. The SMILES string of the molecule is O=C(O)c1ccc(CNc2ccc(Br)cc2Br)cc1F. The van der Waals surface area contributed by atoms with Crippen LogP contribution in [-0.2, 0) is 6.54 Å². The van der Waals surface area contributed by atoms with Crippen molar-refractivity contribution in [2.75, 3.05) is 5.32 Å². The van der Waals surface area contributed by atoms with Crippen LogP contribution in [0, 0.1) is 5.82 Å². The molecule has 0 saturated heterocycles. The van der Waals surface area contributed by atoms with E-state index >= 15 is 0 Å². The highest BCUT2D eigenvalue weighted by Gasteiger charge is 2.10. The Kier molecular flexibility index (Phi) is 4.77. The first-order valence-corrected chi connectivity index (χ1v) is 7.26. The molecule has 2 rings (SSSR count). The number of carbonyl (C=O) groups is 1. The molecular formula is C14H10Br2FNO2. The van der Waals surface area contributed by atoms with Crippen molar-refractivity contribution in [2.45, 2.75) is 6.54 Å². The number of carboxylic acid groups (broad SMARTS) is 1. The third-order valence-electron chi connectivity index (χ3n) is 2.68. The van der Waals surface area contributed by atoms with Gasteiger partial charge in [0.1, 0.15) is 5.82 Å².